The normalized spacial score (nSPS) is 15.0. The van der Waals surface area contributed by atoms with Gasteiger partial charge in [-0.25, -0.2) is 14.8 Å². The molecule has 1 aliphatic heterocycles. The Kier molecular flexibility index (Phi) is 7.21. The van der Waals surface area contributed by atoms with E-state index in [-0.39, 0.29) is 6.03 Å². The monoisotopic (exact) mass is 395 g/mol. The van der Waals surface area contributed by atoms with E-state index in [2.05, 4.69) is 20.5 Å². The second-order valence-electron chi connectivity index (χ2n) is 7.33. The van der Waals surface area contributed by atoms with Gasteiger partial charge in [-0.05, 0) is 38.1 Å². The van der Waals surface area contributed by atoms with Crippen LogP contribution in [0.25, 0.3) is 0 Å². The molecule has 0 aliphatic carbocycles. The molecule has 0 spiro atoms. The zero-order valence-corrected chi connectivity index (χ0v) is 17.1. The highest BCUT2D eigenvalue weighted by atomic mass is 16.2. The van der Waals surface area contributed by atoms with Gasteiger partial charge in [0.1, 0.15) is 0 Å². The number of nitrogens with zero attached hydrogens (tertiary/aromatic N) is 3. The van der Waals surface area contributed by atoms with Crippen LogP contribution in [0.15, 0.2) is 48.5 Å². The molecule has 2 aromatic carbocycles. The number of carbonyl (C=O) groups excluding carboxylic acids is 2. The summed E-state index contributed by atoms with van der Waals surface area (Å²) in [7, 11) is 0. The van der Waals surface area contributed by atoms with Crippen LogP contribution in [0.2, 0.25) is 0 Å². The molecule has 0 radical (unpaired) electrons. The Hall–Kier alpha value is -2.90. The summed E-state index contributed by atoms with van der Waals surface area (Å²) >= 11 is 0. The van der Waals surface area contributed by atoms with Crippen LogP contribution in [0, 0.1) is 13.8 Å². The average molecular weight is 396 g/mol. The zero-order valence-electron chi connectivity index (χ0n) is 17.1. The first-order chi connectivity index (χ1) is 14.0. The molecule has 1 saturated heterocycles. The molecule has 0 bridgehead atoms. The second kappa shape index (κ2) is 10.0. The van der Waals surface area contributed by atoms with Crippen LogP contribution >= 0.6 is 0 Å². The summed E-state index contributed by atoms with van der Waals surface area (Å²) in [5.41, 5.74) is 3.99. The van der Waals surface area contributed by atoms with Crippen LogP contribution in [0.4, 0.5) is 16.2 Å². The number of urea groups is 1. The molecule has 0 saturated carbocycles. The quantitative estimate of drug-likeness (QED) is 0.708. The maximum Gasteiger partial charge on any atom is 0.319 e. The summed E-state index contributed by atoms with van der Waals surface area (Å²) in [6.45, 7) is 8.62. The standard InChI is InChI=1S/C22H29N5O2/c1-18-3-7-20(8-4-18)24-22(29)23-11-12-25-13-15-26(16-14-25)27(17-28)21-9-5-19(2)6-10-21/h3-10,17H,11-16H2,1-2H3,(H2,23,24,29). The smallest absolute Gasteiger partial charge is 0.319 e. The van der Waals surface area contributed by atoms with Crippen LogP contribution in [0.5, 0.6) is 0 Å². The minimum atomic E-state index is -0.195. The predicted molar refractivity (Wildman–Crippen MR) is 116 cm³/mol. The summed E-state index contributed by atoms with van der Waals surface area (Å²) in [5.74, 6) is 0. The lowest BCUT2D eigenvalue weighted by Gasteiger charge is -2.39. The fraction of sp³-hybridized carbons (Fsp3) is 0.364. The van der Waals surface area contributed by atoms with Crippen molar-refractivity contribution >= 4 is 23.8 Å². The van der Waals surface area contributed by atoms with E-state index in [1.54, 1.807) is 5.01 Å². The van der Waals surface area contributed by atoms with Gasteiger partial charge in [-0.15, -0.1) is 0 Å². The highest BCUT2D eigenvalue weighted by Gasteiger charge is 2.22. The Labute approximate surface area is 172 Å². The third-order valence-electron chi connectivity index (χ3n) is 5.07. The minimum Gasteiger partial charge on any atom is -0.337 e. The van der Waals surface area contributed by atoms with E-state index >= 15 is 0 Å². The van der Waals surface area contributed by atoms with Gasteiger partial charge < -0.3 is 10.6 Å². The zero-order chi connectivity index (χ0) is 20.6. The van der Waals surface area contributed by atoms with Gasteiger partial charge in [-0.1, -0.05) is 35.4 Å². The Morgan fingerprint density at radius 2 is 1.55 bits per heavy atom. The van der Waals surface area contributed by atoms with E-state index in [9.17, 15) is 9.59 Å². The van der Waals surface area contributed by atoms with E-state index < -0.39 is 0 Å². The molecule has 29 heavy (non-hydrogen) atoms. The number of amides is 3. The summed E-state index contributed by atoms with van der Waals surface area (Å²) in [5, 5.41) is 9.48. The van der Waals surface area contributed by atoms with Gasteiger partial charge in [0.25, 0.3) is 0 Å². The average Bonchev–Trinajstić information content (AvgIpc) is 2.73. The van der Waals surface area contributed by atoms with Gasteiger partial charge in [0.15, 0.2) is 0 Å². The van der Waals surface area contributed by atoms with E-state index in [0.29, 0.717) is 6.54 Å². The maximum atomic E-state index is 12.0. The van der Waals surface area contributed by atoms with Gasteiger partial charge in [-0.2, -0.15) is 0 Å². The molecular weight excluding hydrogens is 366 g/mol. The van der Waals surface area contributed by atoms with Crippen molar-refractivity contribution in [2.45, 2.75) is 13.8 Å². The van der Waals surface area contributed by atoms with Crippen molar-refractivity contribution in [3.63, 3.8) is 0 Å². The number of carbonyl (C=O) groups is 2. The highest BCUT2D eigenvalue weighted by molar-refractivity contribution is 5.89. The number of rotatable bonds is 7. The first-order valence-corrected chi connectivity index (χ1v) is 9.95. The van der Waals surface area contributed by atoms with Gasteiger partial charge >= 0.3 is 6.03 Å². The van der Waals surface area contributed by atoms with E-state index in [0.717, 1.165) is 56.1 Å². The summed E-state index contributed by atoms with van der Waals surface area (Å²) in [6, 6.07) is 15.5. The number of aryl methyl sites for hydroxylation is 2. The Morgan fingerprint density at radius 3 is 2.14 bits per heavy atom. The van der Waals surface area contributed by atoms with Crippen LogP contribution in [0.3, 0.4) is 0 Å². The maximum absolute atomic E-state index is 12.0. The lowest BCUT2D eigenvalue weighted by atomic mass is 10.2. The topological polar surface area (TPSA) is 67.9 Å². The molecule has 7 heteroatoms. The largest absolute Gasteiger partial charge is 0.337 e. The fourth-order valence-electron chi connectivity index (χ4n) is 3.30. The van der Waals surface area contributed by atoms with Crippen molar-refractivity contribution in [1.82, 2.24) is 15.2 Å². The molecule has 2 aromatic rings. The Bertz CT molecular complexity index is 799. The molecule has 0 aromatic heterocycles. The number of hydrogen-bond donors (Lipinski definition) is 2. The van der Waals surface area contributed by atoms with Gasteiger partial charge in [0.05, 0.1) is 5.69 Å². The highest BCUT2D eigenvalue weighted by Crippen LogP contribution is 2.17. The molecule has 2 N–H and O–H groups in total. The summed E-state index contributed by atoms with van der Waals surface area (Å²) in [4.78, 5) is 25.9. The van der Waals surface area contributed by atoms with E-state index in [1.165, 1.54) is 5.56 Å². The SMILES string of the molecule is Cc1ccc(NC(=O)NCCN2CCN(N(C=O)c3ccc(C)cc3)CC2)cc1. The third-order valence-corrected chi connectivity index (χ3v) is 5.07. The molecule has 0 atom stereocenters. The molecule has 1 heterocycles. The third kappa shape index (κ3) is 6.04. The van der Waals surface area contributed by atoms with Crippen LogP contribution in [-0.4, -0.2) is 61.6 Å². The minimum absolute atomic E-state index is 0.195. The van der Waals surface area contributed by atoms with Crippen LogP contribution < -0.4 is 15.6 Å². The molecule has 3 rings (SSSR count). The lowest BCUT2D eigenvalue weighted by Crippen LogP contribution is -2.54. The Morgan fingerprint density at radius 1 is 0.966 bits per heavy atom. The summed E-state index contributed by atoms with van der Waals surface area (Å²) < 4.78 is 0. The van der Waals surface area contributed by atoms with Gasteiger partial charge in [-0.3, -0.25) is 9.69 Å². The van der Waals surface area contributed by atoms with Crippen molar-refractivity contribution in [2.24, 2.45) is 0 Å². The molecule has 1 aliphatic rings. The number of hydrazine groups is 1. The van der Waals surface area contributed by atoms with Crippen molar-refractivity contribution < 1.29 is 9.59 Å². The number of hydrogen-bond acceptors (Lipinski definition) is 4. The van der Waals surface area contributed by atoms with E-state index in [1.807, 2.05) is 62.4 Å². The first-order valence-electron chi connectivity index (χ1n) is 9.95. The lowest BCUT2D eigenvalue weighted by molar-refractivity contribution is -0.110. The number of benzene rings is 2. The van der Waals surface area contributed by atoms with Crippen molar-refractivity contribution in [3.8, 4) is 0 Å². The van der Waals surface area contributed by atoms with E-state index in [4.69, 9.17) is 0 Å². The molecule has 3 amide bonds. The van der Waals surface area contributed by atoms with Crippen molar-refractivity contribution in [1.29, 1.82) is 0 Å². The summed E-state index contributed by atoms with van der Waals surface area (Å²) in [6.07, 6.45) is 0.872. The van der Waals surface area contributed by atoms with Gasteiger partial charge in [0, 0.05) is 45.0 Å². The number of anilines is 2. The fourth-order valence-corrected chi connectivity index (χ4v) is 3.30. The van der Waals surface area contributed by atoms with Crippen molar-refractivity contribution in [2.75, 3.05) is 49.6 Å². The molecule has 154 valence electrons. The van der Waals surface area contributed by atoms with Crippen molar-refractivity contribution in [3.05, 3.63) is 59.7 Å². The van der Waals surface area contributed by atoms with Crippen LogP contribution in [-0.2, 0) is 4.79 Å². The second-order valence-corrected chi connectivity index (χ2v) is 7.33. The molecule has 1 fully saturated rings. The predicted octanol–water partition coefficient (Wildman–Crippen LogP) is 2.62. The number of piperazine rings is 1. The molecule has 7 nitrogen and oxygen atoms in total. The number of nitrogens with one attached hydrogen (secondary N) is 2. The first kappa shape index (κ1) is 20.8. The molecular formula is C22H29N5O2. The molecule has 0 unspecified atom stereocenters. The van der Waals surface area contributed by atoms with Crippen LogP contribution in [0.1, 0.15) is 11.1 Å². The Balaban J connectivity index is 1.39. The van der Waals surface area contributed by atoms with Gasteiger partial charge in [0.2, 0.25) is 6.41 Å².